The summed E-state index contributed by atoms with van der Waals surface area (Å²) in [7, 11) is 1.45. The van der Waals surface area contributed by atoms with Gasteiger partial charge in [0.1, 0.15) is 11.4 Å². The van der Waals surface area contributed by atoms with Gasteiger partial charge < -0.3 is 9.84 Å². The minimum Gasteiger partial charge on any atom is -0.478 e. The van der Waals surface area contributed by atoms with Crippen LogP contribution >= 0.6 is 11.6 Å². The summed E-state index contributed by atoms with van der Waals surface area (Å²) in [5.74, 6) is -1.50. The number of hydrogen-bond acceptors (Lipinski definition) is 5. The Kier molecular flexibility index (Phi) is 5.65. The third kappa shape index (κ3) is 4.69. The lowest BCUT2D eigenvalue weighted by molar-refractivity contribution is -0.137. The number of aromatic nitrogens is 3. The Hall–Kier alpha value is -3.60. The molecule has 30 heavy (non-hydrogen) atoms. The van der Waals surface area contributed by atoms with Crippen molar-refractivity contribution in [3.05, 3.63) is 58.7 Å². The Balaban J connectivity index is 2.01. The van der Waals surface area contributed by atoms with Gasteiger partial charge in [-0.2, -0.15) is 13.2 Å². The number of hydrogen-bond donors (Lipinski definition) is 2. The minimum atomic E-state index is -4.86. The summed E-state index contributed by atoms with van der Waals surface area (Å²) in [4.78, 5) is 23.7. The fourth-order valence-corrected chi connectivity index (χ4v) is 2.67. The number of nitrogens with zero attached hydrogens (tertiary/aromatic N) is 3. The van der Waals surface area contributed by atoms with Crippen LogP contribution in [0.25, 0.3) is 11.3 Å². The SMILES string of the molecule is Cn1cc(-c2cc(C(=O)O)c(NC(=O)Oc3ccc(Cl)cc3)cc2C(F)(F)F)nn1. The highest BCUT2D eigenvalue weighted by molar-refractivity contribution is 6.30. The number of carboxylic acid groups (broad SMARTS) is 1. The van der Waals surface area contributed by atoms with Gasteiger partial charge >= 0.3 is 18.2 Å². The fourth-order valence-electron chi connectivity index (χ4n) is 2.54. The molecule has 1 aromatic heterocycles. The minimum absolute atomic E-state index is 0.0565. The molecule has 3 rings (SSSR count). The topological polar surface area (TPSA) is 106 Å². The highest BCUT2D eigenvalue weighted by atomic mass is 35.5. The Morgan fingerprint density at radius 2 is 1.87 bits per heavy atom. The third-order valence-corrected chi connectivity index (χ3v) is 4.09. The lowest BCUT2D eigenvalue weighted by Gasteiger charge is -2.16. The summed E-state index contributed by atoms with van der Waals surface area (Å²) in [5.41, 5.74) is -3.06. The van der Waals surface area contributed by atoms with Crippen LogP contribution < -0.4 is 10.1 Å². The number of carbonyl (C=O) groups is 2. The Morgan fingerprint density at radius 3 is 2.40 bits per heavy atom. The van der Waals surface area contributed by atoms with Crippen LogP contribution in [0.4, 0.5) is 23.7 Å². The van der Waals surface area contributed by atoms with E-state index in [4.69, 9.17) is 16.3 Å². The van der Waals surface area contributed by atoms with Gasteiger partial charge in [-0.25, -0.2) is 9.59 Å². The second-order valence-electron chi connectivity index (χ2n) is 5.99. The average molecular weight is 441 g/mol. The zero-order chi connectivity index (χ0) is 22.1. The van der Waals surface area contributed by atoms with E-state index in [1.165, 1.54) is 42.2 Å². The molecule has 1 heterocycles. The van der Waals surface area contributed by atoms with Crippen LogP contribution in [0.3, 0.4) is 0 Å². The van der Waals surface area contributed by atoms with Crippen LogP contribution in [0.2, 0.25) is 5.02 Å². The molecular formula is C18H12ClF3N4O4. The lowest BCUT2D eigenvalue weighted by Crippen LogP contribution is -2.20. The molecule has 0 fully saturated rings. The molecule has 12 heteroatoms. The zero-order valence-corrected chi connectivity index (χ0v) is 15.8. The number of ether oxygens (including phenoxy) is 1. The summed E-state index contributed by atoms with van der Waals surface area (Å²) in [5, 5.41) is 19.0. The second kappa shape index (κ2) is 8.03. The molecule has 0 spiro atoms. The van der Waals surface area contributed by atoms with Gasteiger partial charge in [0.2, 0.25) is 0 Å². The van der Waals surface area contributed by atoms with Crippen LogP contribution in [0, 0.1) is 0 Å². The molecule has 2 aromatic carbocycles. The molecule has 0 aliphatic heterocycles. The van der Waals surface area contributed by atoms with E-state index in [0.29, 0.717) is 11.1 Å². The Morgan fingerprint density at radius 1 is 1.20 bits per heavy atom. The van der Waals surface area contributed by atoms with Crippen LogP contribution in [-0.4, -0.2) is 32.2 Å². The number of alkyl halides is 3. The predicted octanol–water partition coefficient (Wildman–Crippen LogP) is 4.46. The number of nitrogens with one attached hydrogen (secondary N) is 1. The number of carboxylic acids is 1. The Labute approximate surface area is 171 Å². The monoisotopic (exact) mass is 440 g/mol. The first-order valence-electron chi connectivity index (χ1n) is 8.14. The van der Waals surface area contributed by atoms with Crippen molar-refractivity contribution in [3.63, 3.8) is 0 Å². The van der Waals surface area contributed by atoms with Gasteiger partial charge in [0, 0.05) is 17.6 Å². The maximum atomic E-state index is 13.6. The highest BCUT2D eigenvalue weighted by Crippen LogP contribution is 2.39. The van der Waals surface area contributed by atoms with Crippen molar-refractivity contribution in [1.29, 1.82) is 0 Å². The van der Waals surface area contributed by atoms with Crippen LogP contribution in [0.5, 0.6) is 5.75 Å². The molecule has 0 saturated heterocycles. The summed E-state index contributed by atoms with van der Waals surface area (Å²) in [6.45, 7) is 0. The van der Waals surface area contributed by atoms with Crippen LogP contribution in [0.15, 0.2) is 42.6 Å². The average Bonchev–Trinajstić information content (AvgIpc) is 3.08. The summed E-state index contributed by atoms with van der Waals surface area (Å²) in [6.07, 6.45) is -4.83. The zero-order valence-electron chi connectivity index (χ0n) is 15.1. The summed E-state index contributed by atoms with van der Waals surface area (Å²) >= 11 is 5.72. The number of aromatic carboxylic acids is 1. The molecular weight excluding hydrogens is 429 g/mol. The number of aryl methyl sites for hydroxylation is 1. The van der Waals surface area contributed by atoms with Gasteiger partial charge in [0.25, 0.3) is 0 Å². The Bertz CT molecular complexity index is 1110. The maximum absolute atomic E-state index is 13.6. The smallest absolute Gasteiger partial charge is 0.417 e. The standard InChI is InChI=1S/C18H12ClF3N4O4/c1-26-8-15(24-25-26)11-6-12(16(27)28)14(7-13(11)18(20,21)22)23-17(29)30-10-4-2-9(19)3-5-10/h2-8H,1H3,(H,23,29)(H,27,28). The van der Waals surface area contributed by atoms with E-state index in [9.17, 15) is 27.9 Å². The van der Waals surface area contributed by atoms with E-state index in [1.807, 2.05) is 5.32 Å². The quantitative estimate of drug-likeness (QED) is 0.620. The summed E-state index contributed by atoms with van der Waals surface area (Å²) < 4.78 is 47.0. The molecule has 0 aliphatic carbocycles. The van der Waals surface area contributed by atoms with Gasteiger partial charge in [-0.15, -0.1) is 5.10 Å². The van der Waals surface area contributed by atoms with Crippen LogP contribution in [0.1, 0.15) is 15.9 Å². The maximum Gasteiger partial charge on any atom is 0.417 e. The molecule has 1 amide bonds. The first-order chi connectivity index (χ1) is 14.0. The second-order valence-corrected chi connectivity index (χ2v) is 6.43. The third-order valence-electron chi connectivity index (χ3n) is 3.83. The van der Waals surface area contributed by atoms with Gasteiger partial charge in [0.05, 0.1) is 23.0 Å². The highest BCUT2D eigenvalue weighted by Gasteiger charge is 2.36. The van der Waals surface area contributed by atoms with Crippen molar-refractivity contribution in [3.8, 4) is 17.0 Å². The number of anilines is 1. The number of halogens is 4. The van der Waals surface area contributed by atoms with Crippen molar-refractivity contribution in [2.75, 3.05) is 5.32 Å². The molecule has 0 atom stereocenters. The van der Waals surface area contributed by atoms with Crippen molar-refractivity contribution in [2.24, 2.45) is 7.05 Å². The first-order valence-corrected chi connectivity index (χ1v) is 8.52. The van der Waals surface area contributed by atoms with Gasteiger partial charge in [0.15, 0.2) is 0 Å². The molecule has 3 aromatic rings. The van der Waals surface area contributed by atoms with Gasteiger partial charge in [-0.1, -0.05) is 16.8 Å². The molecule has 0 saturated carbocycles. The molecule has 0 aliphatic rings. The molecule has 0 bridgehead atoms. The van der Waals surface area contributed by atoms with Crippen LogP contribution in [-0.2, 0) is 13.2 Å². The molecule has 0 unspecified atom stereocenters. The van der Waals surface area contributed by atoms with E-state index in [0.717, 1.165) is 6.07 Å². The normalized spacial score (nSPS) is 11.2. The van der Waals surface area contributed by atoms with Crippen molar-refractivity contribution < 1.29 is 32.6 Å². The number of rotatable bonds is 4. The number of carbonyl (C=O) groups excluding carboxylic acids is 1. The van der Waals surface area contributed by atoms with E-state index in [-0.39, 0.29) is 11.4 Å². The molecule has 156 valence electrons. The first kappa shape index (κ1) is 21.1. The van der Waals surface area contributed by atoms with E-state index in [2.05, 4.69) is 10.3 Å². The lowest BCUT2D eigenvalue weighted by atomic mass is 9.99. The van der Waals surface area contributed by atoms with Crippen molar-refractivity contribution >= 4 is 29.4 Å². The van der Waals surface area contributed by atoms with Gasteiger partial charge in [-0.3, -0.25) is 10.00 Å². The fraction of sp³-hybridized carbons (Fsp3) is 0.111. The largest absolute Gasteiger partial charge is 0.478 e. The van der Waals surface area contributed by atoms with Crippen molar-refractivity contribution in [1.82, 2.24) is 15.0 Å². The van der Waals surface area contributed by atoms with Crippen molar-refractivity contribution in [2.45, 2.75) is 6.18 Å². The molecule has 0 radical (unpaired) electrons. The number of benzene rings is 2. The van der Waals surface area contributed by atoms with E-state index in [1.54, 1.807) is 0 Å². The van der Waals surface area contributed by atoms with Gasteiger partial charge in [-0.05, 0) is 36.4 Å². The molecule has 2 N–H and O–H groups in total. The summed E-state index contributed by atoms with van der Waals surface area (Å²) in [6, 6.07) is 6.87. The number of amides is 1. The predicted molar refractivity (Wildman–Crippen MR) is 99.5 cm³/mol. The molecule has 8 nitrogen and oxygen atoms in total. The van der Waals surface area contributed by atoms with E-state index < -0.39 is 40.6 Å². The van der Waals surface area contributed by atoms with E-state index >= 15 is 0 Å².